The predicted octanol–water partition coefficient (Wildman–Crippen LogP) is 3.06. The molecule has 0 aromatic carbocycles. The minimum absolute atomic E-state index is 0.430. The lowest BCUT2D eigenvalue weighted by atomic mass is 9.77. The Balaban J connectivity index is 1.85. The first kappa shape index (κ1) is 16.2. The highest BCUT2D eigenvalue weighted by atomic mass is 16.7. The van der Waals surface area contributed by atoms with Crippen LogP contribution in [0.1, 0.15) is 41.5 Å². The fourth-order valence-electron chi connectivity index (χ4n) is 2.88. The lowest BCUT2D eigenvalue weighted by Gasteiger charge is -2.43. The van der Waals surface area contributed by atoms with Crippen molar-refractivity contribution in [3.8, 4) is 0 Å². The summed E-state index contributed by atoms with van der Waals surface area (Å²) in [7, 11) is 0. The monoisotopic (exact) mass is 286 g/mol. The van der Waals surface area contributed by atoms with Crippen molar-refractivity contribution in [2.24, 2.45) is 23.7 Å². The molecular formula is C16H30O4. The molecule has 118 valence electrons. The number of hydrogen-bond donors (Lipinski definition) is 0. The van der Waals surface area contributed by atoms with Gasteiger partial charge in [0.1, 0.15) is 0 Å². The average Bonchev–Trinajstić information content (AvgIpc) is 2.37. The summed E-state index contributed by atoms with van der Waals surface area (Å²) in [5.41, 5.74) is 0. The zero-order valence-corrected chi connectivity index (χ0v) is 13.8. The summed E-state index contributed by atoms with van der Waals surface area (Å²) in [5, 5.41) is 0. The summed E-state index contributed by atoms with van der Waals surface area (Å²) < 4.78 is 23.1. The Morgan fingerprint density at radius 1 is 0.650 bits per heavy atom. The Labute approximate surface area is 123 Å². The Kier molecular flexibility index (Phi) is 4.80. The molecule has 0 amide bonds. The molecule has 0 aliphatic carbocycles. The van der Waals surface area contributed by atoms with Gasteiger partial charge >= 0.3 is 0 Å². The van der Waals surface area contributed by atoms with Gasteiger partial charge in [0.15, 0.2) is 11.6 Å². The molecule has 20 heavy (non-hydrogen) atoms. The van der Waals surface area contributed by atoms with Crippen molar-refractivity contribution >= 4 is 0 Å². The fraction of sp³-hybridized carbons (Fsp3) is 1.00. The molecule has 0 radical (unpaired) electrons. The molecule has 2 heterocycles. The molecule has 0 saturated carbocycles. The molecule has 4 nitrogen and oxygen atoms in total. The minimum atomic E-state index is -0.430. The molecule has 2 rings (SSSR count). The normalized spacial score (nSPS) is 30.9. The van der Waals surface area contributed by atoms with Gasteiger partial charge in [0.2, 0.25) is 0 Å². The van der Waals surface area contributed by atoms with Crippen LogP contribution in [-0.4, -0.2) is 38.0 Å². The Morgan fingerprint density at radius 3 is 1.15 bits per heavy atom. The molecule has 0 unspecified atom stereocenters. The van der Waals surface area contributed by atoms with Crippen LogP contribution in [0.2, 0.25) is 0 Å². The van der Waals surface area contributed by atoms with Gasteiger partial charge in [0, 0.05) is 11.8 Å². The highest BCUT2D eigenvalue weighted by Gasteiger charge is 2.38. The first-order chi connectivity index (χ1) is 9.20. The van der Waals surface area contributed by atoms with E-state index >= 15 is 0 Å². The van der Waals surface area contributed by atoms with Gasteiger partial charge in [-0.25, -0.2) is 0 Å². The first-order valence-electron chi connectivity index (χ1n) is 7.76. The summed E-state index contributed by atoms with van der Waals surface area (Å²) in [4.78, 5) is 0. The fourth-order valence-corrected chi connectivity index (χ4v) is 2.88. The zero-order chi connectivity index (χ0) is 15.0. The third kappa shape index (κ3) is 3.94. The second kappa shape index (κ2) is 5.91. The van der Waals surface area contributed by atoms with Crippen molar-refractivity contribution < 1.29 is 18.9 Å². The van der Waals surface area contributed by atoms with Crippen LogP contribution in [-0.2, 0) is 18.9 Å². The molecule has 2 fully saturated rings. The van der Waals surface area contributed by atoms with E-state index in [9.17, 15) is 0 Å². The molecule has 4 heteroatoms. The Bertz CT molecular complexity index is 274. The van der Waals surface area contributed by atoms with Crippen LogP contribution >= 0.6 is 0 Å². The van der Waals surface area contributed by atoms with E-state index in [1.165, 1.54) is 0 Å². The molecule has 0 spiro atoms. The third-order valence-electron chi connectivity index (χ3n) is 4.90. The molecular weight excluding hydrogens is 256 g/mol. The maximum absolute atomic E-state index is 5.78. The first-order valence-corrected chi connectivity index (χ1v) is 7.76. The highest BCUT2D eigenvalue weighted by Crippen LogP contribution is 2.35. The lowest BCUT2D eigenvalue weighted by Crippen LogP contribution is -2.46. The Morgan fingerprint density at radius 2 is 0.900 bits per heavy atom. The van der Waals surface area contributed by atoms with E-state index in [4.69, 9.17) is 18.9 Å². The second-order valence-corrected chi connectivity index (χ2v) is 7.28. The highest BCUT2D eigenvalue weighted by molar-refractivity contribution is 4.81. The topological polar surface area (TPSA) is 36.9 Å². The molecule has 2 aliphatic rings. The smallest absolute Gasteiger partial charge is 0.162 e. The van der Waals surface area contributed by atoms with Gasteiger partial charge in [-0.15, -0.1) is 0 Å². The van der Waals surface area contributed by atoms with Crippen molar-refractivity contribution in [1.82, 2.24) is 0 Å². The van der Waals surface area contributed by atoms with Gasteiger partial charge in [-0.05, 0) is 39.5 Å². The van der Waals surface area contributed by atoms with Crippen molar-refractivity contribution in [3.05, 3.63) is 0 Å². The minimum Gasteiger partial charge on any atom is -0.350 e. The van der Waals surface area contributed by atoms with Gasteiger partial charge in [0.05, 0.1) is 26.4 Å². The van der Waals surface area contributed by atoms with Crippen LogP contribution < -0.4 is 0 Å². The molecule has 0 aromatic heterocycles. The van der Waals surface area contributed by atoms with Gasteiger partial charge in [-0.2, -0.15) is 0 Å². The number of hydrogen-bond acceptors (Lipinski definition) is 4. The zero-order valence-electron chi connectivity index (χ0n) is 13.8. The summed E-state index contributed by atoms with van der Waals surface area (Å²) in [6.07, 6.45) is 0. The second-order valence-electron chi connectivity index (χ2n) is 7.28. The number of rotatable bonds is 3. The average molecular weight is 286 g/mol. The lowest BCUT2D eigenvalue weighted by molar-refractivity contribution is -0.280. The summed E-state index contributed by atoms with van der Waals surface area (Å²) in [6.45, 7) is 15.6. The molecule has 2 saturated heterocycles. The standard InChI is InChI=1S/C16H30O4/c1-11(13-7-17-15(3,4)18-8-13)12(2)14-9-19-16(5,6)20-10-14/h11-14H,7-10H2,1-6H3/t11-,12-/m0/s1. The van der Waals surface area contributed by atoms with E-state index in [-0.39, 0.29) is 0 Å². The van der Waals surface area contributed by atoms with E-state index in [2.05, 4.69) is 13.8 Å². The summed E-state index contributed by atoms with van der Waals surface area (Å²) in [5.74, 6) is 1.11. The number of ether oxygens (including phenoxy) is 4. The van der Waals surface area contributed by atoms with Crippen molar-refractivity contribution in [2.75, 3.05) is 26.4 Å². The summed E-state index contributed by atoms with van der Waals surface area (Å²) >= 11 is 0. The maximum atomic E-state index is 5.78. The van der Waals surface area contributed by atoms with Crippen LogP contribution in [0.5, 0.6) is 0 Å². The van der Waals surface area contributed by atoms with Crippen molar-refractivity contribution in [2.45, 2.75) is 53.1 Å². The van der Waals surface area contributed by atoms with Crippen LogP contribution in [0.25, 0.3) is 0 Å². The Hall–Kier alpha value is -0.160. The predicted molar refractivity (Wildman–Crippen MR) is 77.3 cm³/mol. The van der Waals surface area contributed by atoms with E-state index < -0.39 is 11.6 Å². The van der Waals surface area contributed by atoms with Gasteiger partial charge in [-0.3, -0.25) is 0 Å². The largest absolute Gasteiger partial charge is 0.350 e. The molecule has 0 bridgehead atoms. The quantitative estimate of drug-likeness (QED) is 0.799. The van der Waals surface area contributed by atoms with Crippen molar-refractivity contribution in [1.29, 1.82) is 0 Å². The molecule has 2 aliphatic heterocycles. The van der Waals surface area contributed by atoms with E-state index in [0.29, 0.717) is 23.7 Å². The van der Waals surface area contributed by atoms with E-state index in [1.807, 2.05) is 27.7 Å². The van der Waals surface area contributed by atoms with Gasteiger partial charge < -0.3 is 18.9 Å². The molecule has 0 N–H and O–H groups in total. The van der Waals surface area contributed by atoms with Gasteiger partial charge in [-0.1, -0.05) is 13.8 Å². The van der Waals surface area contributed by atoms with Crippen LogP contribution in [0, 0.1) is 23.7 Å². The van der Waals surface area contributed by atoms with Crippen LogP contribution in [0.3, 0.4) is 0 Å². The summed E-state index contributed by atoms with van der Waals surface area (Å²) in [6, 6.07) is 0. The SMILES string of the molecule is C[C@H](C1COC(C)(C)OC1)[C@H](C)C1COC(C)(C)OC1. The maximum Gasteiger partial charge on any atom is 0.162 e. The molecule has 0 aromatic rings. The third-order valence-corrected chi connectivity index (χ3v) is 4.90. The van der Waals surface area contributed by atoms with Gasteiger partial charge in [0.25, 0.3) is 0 Å². The van der Waals surface area contributed by atoms with Crippen LogP contribution in [0.4, 0.5) is 0 Å². The molecule has 2 atom stereocenters. The van der Waals surface area contributed by atoms with E-state index in [0.717, 1.165) is 26.4 Å². The van der Waals surface area contributed by atoms with Crippen molar-refractivity contribution in [3.63, 3.8) is 0 Å². The van der Waals surface area contributed by atoms with Crippen LogP contribution in [0.15, 0.2) is 0 Å². The van der Waals surface area contributed by atoms with E-state index in [1.54, 1.807) is 0 Å².